The maximum absolute atomic E-state index is 11.9. The van der Waals surface area contributed by atoms with Crippen molar-refractivity contribution < 1.29 is 13.9 Å². The van der Waals surface area contributed by atoms with E-state index >= 15 is 0 Å². The lowest BCUT2D eigenvalue weighted by molar-refractivity contribution is 0.0526. The van der Waals surface area contributed by atoms with E-state index in [0.29, 0.717) is 25.3 Å². The van der Waals surface area contributed by atoms with Gasteiger partial charge < -0.3 is 19.4 Å². The van der Waals surface area contributed by atoms with Crippen LogP contribution in [0.25, 0.3) is 0 Å². The van der Waals surface area contributed by atoms with Gasteiger partial charge in [-0.05, 0) is 31.9 Å². The molecule has 9 heteroatoms. The highest BCUT2D eigenvalue weighted by atomic mass is 127. The van der Waals surface area contributed by atoms with E-state index < -0.39 is 0 Å². The van der Waals surface area contributed by atoms with Crippen LogP contribution in [0.2, 0.25) is 0 Å². The molecule has 0 spiro atoms. The first-order chi connectivity index (χ1) is 14.2. The van der Waals surface area contributed by atoms with Gasteiger partial charge in [0.15, 0.2) is 5.96 Å². The van der Waals surface area contributed by atoms with E-state index in [4.69, 9.17) is 14.1 Å². The fraction of sp³-hybridized carbons (Fsp3) is 0.476. The highest BCUT2D eigenvalue weighted by molar-refractivity contribution is 14.0. The van der Waals surface area contributed by atoms with Gasteiger partial charge in [0.2, 0.25) is 0 Å². The zero-order valence-corrected chi connectivity index (χ0v) is 19.7. The van der Waals surface area contributed by atoms with Crippen molar-refractivity contribution in [3.05, 3.63) is 54.8 Å². The van der Waals surface area contributed by atoms with E-state index in [1.807, 2.05) is 22.9 Å². The molecule has 3 heterocycles. The molecule has 0 aliphatic carbocycles. The Morgan fingerprint density at radius 1 is 1.53 bits per heavy atom. The smallest absolute Gasteiger partial charge is 0.341 e. The molecular weight excluding hydrogens is 497 g/mol. The molecule has 1 fully saturated rings. The van der Waals surface area contributed by atoms with Crippen molar-refractivity contribution in [1.82, 2.24) is 20.0 Å². The summed E-state index contributed by atoms with van der Waals surface area (Å²) in [5.74, 6) is 1.45. The minimum Gasteiger partial charge on any atom is -0.469 e. The molecule has 2 aromatic heterocycles. The Bertz CT molecular complexity index is 818. The van der Waals surface area contributed by atoms with Gasteiger partial charge in [-0.25, -0.2) is 4.79 Å². The van der Waals surface area contributed by atoms with Crippen LogP contribution in [-0.2, 0) is 11.2 Å². The maximum Gasteiger partial charge on any atom is 0.341 e. The van der Waals surface area contributed by atoms with E-state index in [0.717, 1.165) is 44.1 Å². The largest absolute Gasteiger partial charge is 0.469 e. The number of piperidine rings is 1. The van der Waals surface area contributed by atoms with Crippen LogP contribution in [-0.4, -0.2) is 59.4 Å². The Morgan fingerprint density at radius 2 is 2.40 bits per heavy atom. The molecule has 1 saturated heterocycles. The summed E-state index contributed by atoms with van der Waals surface area (Å²) < 4.78 is 12.3. The number of ether oxygens (including phenoxy) is 1. The Kier molecular flexibility index (Phi) is 9.92. The van der Waals surface area contributed by atoms with Crippen LogP contribution in [0.5, 0.6) is 0 Å². The monoisotopic (exact) mass is 527 g/mol. The SMILES string of the molecule is C=CCNC(=NCCc1ccco1)N1CCCC(n2cc(C(=O)OCC)cn2)C1.I. The number of halogens is 1. The molecule has 3 rings (SSSR count). The summed E-state index contributed by atoms with van der Waals surface area (Å²) in [6, 6.07) is 4.02. The Morgan fingerprint density at radius 3 is 3.13 bits per heavy atom. The molecule has 164 valence electrons. The van der Waals surface area contributed by atoms with Crippen molar-refractivity contribution in [3.8, 4) is 0 Å². The van der Waals surface area contributed by atoms with Crippen molar-refractivity contribution in [2.24, 2.45) is 4.99 Å². The number of nitrogens with one attached hydrogen (secondary N) is 1. The summed E-state index contributed by atoms with van der Waals surface area (Å²) >= 11 is 0. The van der Waals surface area contributed by atoms with Gasteiger partial charge in [0.25, 0.3) is 0 Å². The molecule has 0 bridgehead atoms. The summed E-state index contributed by atoms with van der Waals surface area (Å²) in [7, 11) is 0. The van der Waals surface area contributed by atoms with E-state index in [2.05, 4.69) is 21.9 Å². The number of hydrogen-bond acceptors (Lipinski definition) is 5. The third kappa shape index (κ3) is 6.61. The lowest BCUT2D eigenvalue weighted by Gasteiger charge is -2.35. The Hall–Kier alpha value is -2.30. The second-order valence-electron chi connectivity index (χ2n) is 6.88. The number of carbonyl (C=O) groups excluding carboxylic acids is 1. The van der Waals surface area contributed by atoms with Crippen LogP contribution in [0.15, 0.2) is 52.9 Å². The van der Waals surface area contributed by atoms with Gasteiger partial charge in [0.05, 0.1) is 30.7 Å². The molecule has 8 nitrogen and oxygen atoms in total. The van der Waals surface area contributed by atoms with Gasteiger partial charge in [-0.2, -0.15) is 5.10 Å². The first-order valence-electron chi connectivity index (χ1n) is 10.1. The molecule has 0 saturated carbocycles. The van der Waals surface area contributed by atoms with Gasteiger partial charge in [0.1, 0.15) is 5.76 Å². The number of furan rings is 1. The number of carbonyl (C=O) groups is 1. The predicted molar refractivity (Wildman–Crippen MR) is 126 cm³/mol. The summed E-state index contributed by atoms with van der Waals surface area (Å²) in [5, 5.41) is 7.75. The molecule has 30 heavy (non-hydrogen) atoms. The van der Waals surface area contributed by atoms with Gasteiger partial charge in [-0.1, -0.05) is 6.08 Å². The molecule has 1 N–H and O–H groups in total. The lowest BCUT2D eigenvalue weighted by Crippen LogP contribution is -2.47. The van der Waals surface area contributed by atoms with Crippen LogP contribution >= 0.6 is 24.0 Å². The molecule has 0 amide bonds. The van der Waals surface area contributed by atoms with E-state index in [-0.39, 0.29) is 36.0 Å². The van der Waals surface area contributed by atoms with Gasteiger partial charge >= 0.3 is 5.97 Å². The number of guanidine groups is 1. The van der Waals surface area contributed by atoms with Crippen LogP contribution in [0.4, 0.5) is 0 Å². The van der Waals surface area contributed by atoms with Crippen LogP contribution in [0, 0.1) is 0 Å². The number of aliphatic imine (C=N–C) groups is 1. The molecule has 0 radical (unpaired) electrons. The normalized spacial score (nSPS) is 16.6. The van der Waals surface area contributed by atoms with Gasteiger partial charge in [0, 0.05) is 38.8 Å². The van der Waals surface area contributed by atoms with E-state index in [9.17, 15) is 4.79 Å². The summed E-state index contributed by atoms with van der Waals surface area (Å²) in [5.41, 5.74) is 0.487. The number of rotatable bonds is 8. The molecule has 1 aliphatic heterocycles. The zero-order chi connectivity index (χ0) is 20.5. The number of hydrogen-bond donors (Lipinski definition) is 1. The minimum atomic E-state index is -0.334. The Balaban J connectivity index is 0.00000320. The summed E-state index contributed by atoms with van der Waals surface area (Å²) in [6.07, 6.45) is 9.63. The molecule has 1 aliphatic rings. The summed E-state index contributed by atoms with van der Waals surface area (Å²) in [4.78, 5) is 18.9. The zero-order valence-electron chi connectivity index (χ0n) is 17.3. The molecular formula is C21H30IN5O3. The average Bonchev–Trinajstić information content (AvgIpc) is 3.43. The molecule has 1 unspecified atom stereocenters. The minimum absolute atomic E-state index is 0. The number of nitrogens with zero attached hydrogens (tertiary/aromatic N) is 4. The first kappa shape index (κ1) is 24.0. The fourth-order valence-corrected chi connectivity index (χ4v) is 3.38. The van der Waals surface area contributed by atoms with Crippen molar-refractivity contribution in [2.45, 2.75) is 32.2 Å². The Labute approximate surface area is 194 Å². The van der Waals surface area contributed by atoms with Crippen LogP contribution in [0.3, 0.4) is 0 Å². The second kappa shape index (κ2) is 12.4. The topological polar surface area (TPSA) is 84.9 Å². The van der Waals surface area contributed by atoms with Gasteiger partial charge in [-0.3, -0.25) is 9.67 Å². The van der Waals surface area contributed by atoms with Crippen LogP contribution < -0.4 is 5.32 Å². The van der Waals surface area contributed by atoms with Crippen molar-refractivity contribution in [2.75, 3.05) is 32.8 Å². The fourth-order valence-electron chi connectivity index (χ4n) is 3.38. The summed E-state index contributed by atoms with van der Waals surface area (Å²) in [6.45, 7) is 8.92. The maximum atomic E-state index is 11.9. The number of likely N-dealkylation sites (tertiary alicyclic amines) is 1. The molecule has 1 atom stereocenters. The lowest BCUT2D eigenvalue weighted by atomic mass is 10.1. The third-order valence-corrected chi connectivity index (χ3v) is 4.79. The highest BCUT2D eigenvalue weighted by Crippen LogP contribution is 2.21. The number of aromatic nitrogens is 2. The van der Waals surface area contributed by atoms with Crippen molar-refractivity contribution >= 4 is 35.9 Å². The van der Waals surface area contributed by atoms with Crippen molar-refractivity contribution in [1.29, 1.82) is 0 Å². The van der Waals surface area contributed by atoms with Crippen LogP contribution in [0.1, 0.15) is 41.9 Å². The quantitative estimate of drug-likeness (QED) is 0.187. The molecule has 0 aromatic carbocycles. The third-order valence-electron chi connectivity index (χ3n) is 4.79. The average molecular weight is 527 g/mol. The van der Waals surface area contributed by atoms with Gasteiger partial charge in [-0.15, -0.1) is 30.6 Å². The highest BCUT2D eigenvalue weighted by Gasteiger charge is 2.25. The number of esters is 1. The second-order valence-corrected chi connectivity index (χ2v) is 6.88. The first-order valence-corrected chi connectivity index (χ1v) is 10.1. The predicted octanol–water partition coefficient (Wildman–Crippen LogP) is 3.28. The molecule has 2 aromatic rings. The van der Waals surface area contributed by atoms with E-state index in [1.54, 1.807) is 25.6 Å². The van der Waals surface area contributed by atoms with Crippen molar-refractivity contribution in [3.63, 3.8) is 0 Å². The standard InChI is InChI=1S/C21H29N5O3.HI/c1-3-10-22-21(23-11-9-19-8-6-13-29-19)25-12-5-7-18(16-25)26-15-17(14-24-26)20(27)28-4-2;/h3,6,8,13-15,18H,1,4-5,7,9-12,16H2,2H3,(H,22,23);1H. The van der Waals surface area contributed by atoms with E-state index in [1.165, 1.54) is 0 Å².